The molecule has 1 fully saturated rings. The number of rotatable bonds is 19. The number of hydrogen-bond donors (Lipinski definition) is 2. The summed E-state index contributed by atoms with van der Waals surface area (Å²) in [6.45, 7) is 15.1. The second-order valence-electron chi connectivity index (χ2n) is 15.8. The first-order chi connectivity index (χ1) is 24.8. The van der Waals surface area contributed by atoms with Crippen molar-refractivity contribution in [2.24, 2.45) is 11.8 Å². The van der Waals surface area contributed by atoms with E-state index in [1.165, 1.54) is 19.1 Å². The third-order valence-corrected chi connectivity index (χ3v) is 10.1. The molecule has 1 saturated heterocycles. The van der Waals surface area contributed by atoms with Gasteiger partial charge in [-0.25, -0.2) is 4.79 Å². The van der Waals surface area contributed by atoms with Gasteiger partial charge >= 0.3 is 6.09 Å². The number of hydrogen-bond acceptors (Lipinski definition) is 8. The standard InChI is InChI=1S/C40H67N5O8/c1-13-27(4)37(43(9)35(48)25-41-38(49)36(26(2)3)44(10)39(50)53-40(6,7)8)32(52-12)24-34(47)45-21-17-20-30(45)31(51-11)23-33(46)42-28(5)22-29-18-15-14-16-19-29/h14-16,18-19,26-28,30-32,36-37H,13,17,20-25H2,1-12H3,(H,41,49)(H,42,46)/t27?,28-,30?,31?,32?,36?,37?/m1/s1. The van der Waals surface area contributed by atoms with Crippen LogP contribution in [0, 0.1) is 11.8 Å². The monoisotopic (exact) mass is 745 g/mol. The Hall–Kier alpha value is -3.71. The highest BCUT2D eigenvalue weighted by Gasteiger charge is 2.40. The molecule has 6 unspecified atom stereocenters. The zero-order chi connectivity index (χ0) is 40.0. The molecule has 300 valence electrons. The number of nitrogens with zero attached hydrogens (tertiary/aromatic N) is 3. The topological polar surface area (TPSA) is 147 Å². The van der Waals surface area contributed by atoms with E-state index in [1.807, 2.05) is 65.0 Å². The average molecular weight is 746 g/mol. The molecule has 1 aliphatic rings. The second-order valence-corrected chi connectivity index (χ2v) is 15.8. The van der Waals surface area contributed by atoms with Gasteiger partial charge in [-0.1, -0.05) is 64.4 Å². The van der Waals surface area contributed by atoms with E-state index < -0.39 is 41.9 Å². The lowest BCUT2D eigenvalue weighted by Gasteiger charge is -2.39. The van der Waals surface area contributed by atoms with Crippen LogP contribution in [-0.2, 0) is 39.8 Å². The maximum absolute atomic E-state index is 14.0. The number of nitrogens with one attached hydrogen (secondary N) is 2. The fourth-order valence-corrected chi connectivity index (χ4v) is 7.20. The Morgan fingerprint density at radius 3 is 2.13 bits per heavy atom. The lowest BCUT2D eigenvalue weighted by molar-refractivity contribution is -0.144. The van der Waals surface area contributed by atoms with E-state index in [0.717, 1.165) is 12.0 Å². The first-order valence-corrected chi connectivity index (χ1v) is 19.0. The third-order valence-electron chi connectivity index (χ3n) is 10.1. The predicted molar refractivity (Wildman–Crippen MR) is 205 cm³/mol. The van der Waals surface area contributed by atoms with E-state index in [4.69, 9.17) is 14.2 Å². The van der Waals surface area contributed by atoms with Crippen LogP contribution in [0.5, 0.6) is 0 Å². The van der Waals surface area contributed by atoms with Crippen LogP contribution in [-0.4, -0.2) is 128 Å². The number of carbonyl (C=O) groups excluding carboxylic acids is 5. The largest absolute Gasteiger partial charge is 0.444 e. The van der Waals surface area contributed by atoms with Gasteiger partial charge in [0.25, 0.3) is 0 Å². The van der Waals surface area contributed by atoms with Crippen molar-refractivity contribution in [1.29, 1.82) is 0 Å². The van der Waals surface area contributed by atoms with Crippen molar-refractivity contribution in [1.82, 2.24) is 25.3 Å². The number of methoxy groups -OCH3 is 2. The zero-order valence-corrected chi connectivity index (χ0v) is 34.3. The summed E-state index contributed by atoms with van der Waals surface area (Å²) in [6.07, 6.45) is 1.33. The molecule has 2 rings (SSSR count). The van der Waals surface area contributed by atoms with Gasteiger partial charge in [0.15, 0.2) is 0 Å². The minimum absolute atomic E-state index is 0.0266. The summed E-state index contributed by atoms with van der Waals surface area (Å²) >= 11 is 0. The van der Waals surface area contributed by atoms with Crippen molar-refractivity contribution in [2.75, 3.05) is 41.4 Å². The summed E-state index contributed by atoms with van der Waals surface area (Å²) in [6, 6.07) is 8.32. The molecule has 7 atom stereocenters. The highest BCUT2D eigenvalue weighted by Crippen LogP contribution is 2.28. The van der Waals surface area contributed by atoms with Gasteiger partial charge in [-0.15, -0.1) is 0 Å². The highest BCUT2D eigenvalue weighted by atomic mass is 16.6. The van der Waals surface area contributed by atoms with Crippen LogP contribution in [0.3, 0.4) is 0 Å². The molecule has 1 aromatic carbocycles. The molecule has 53 heavy (non-hydrogen) atoms. The molecular formula is C40H67N5O8. The number of likely N-dealkylation sites (N-methyl/N-ethyl adjacent to an activating group) is 2. The average Bonchev–Trinajstić information content (AvgIpc) is 3.58. The molecule has 5 amide bonds. The van der Waals surface area contributed by atoms with Crippen molar-refractivity contribution in [3.05, 3.63) is 35.9 Å². The number of likely N-dealkylation sites (tertiary alicyclic amines) is 1. The highest BCUT2D eigenvalue weighted by molar-refractivity contribution is 5.89. The number of carbonyl (C=O) groups is 5. The van der Waals surface area contributed by atoms with E-state index in [0.29, 0.717) is 25.8 Å². The van der Waals surface area contributed by atoms with E-state index in [1.54, 1.807) is 44.7 Å². The van der Waals surface area contributed by atoms with Gasteiger partial charge in [-0.3, -0.25) is 24.1 Å². The number of amides is 5. The fraction of sp³-hybridized carbons (Fsp3) is 0.725. The van der Waals surface area contributed by atoms with Crippen molar-refractivity contribution < 1.29 is 38.2 Å². The van der Waals surface area contributed by atoms with E-state index in [2.05, 4.69) is 10.6 Å². The number of benzene rings is 1. The fourth-order valence-electron chi connectivity index (χ4n) is 7.20. The SMILES string of the molecule is CCC(C)C(C(CC(=O)N1CCCC1C(CC(=O)N[C@H](C)Cc1ccccc1)OC)OC)N(C)C(=O)CNC(=O)C(C(C)C)N(C)C(=O)OC(C)(C)C. The molecule has 0 spiro atoms. The smallest absolute Gasteiger partial charge is 0.410 e. The molecule has 0 bridgehead atoms. The number of ether oxygens (including phenoxy) is 3. The summed E-state index contributed by atoms with van der Waals surface area (Å²) in [5.41, 5.74) is 0.408. The van der Waals surface area contributed by atoms with Crippen molar-refractivity contribution in [3.8, 4) is 0 Å². The summed E-state index contributed by atoms with van der Waals surface area (Å²) in [4.78, 5) is 71.3. The van der Waals surface area contributed by atoms with Crippen LogP contribution >= 0.6 is 0 Å². The molecule has 0 saturated carbocycles. The van der Waals surface area contributed by atoms with Crippen LogP contribution < -0.4 is 10.6 Å². The summed E-state index contributed by atoms with van der Waals surface area (Å²) < 4.78 is 17.2. The Morgan fingerprint density at radius 1 is 0.943 bits per heavy atom. The van der Waals surface area contributed by atoms with E-state index in [-0.39, 0.29) is 61.0 Å². The Bertz CT molecular complexity index is 1340. The molecule has 0 aliphatic carbocycles. The maximum Gasteiger partial charge on any atom is 0.410 e. The molecule has 13 heteroatoms. The zero-order valence-electron chi connectivity index (χ0n) is 34.3. The van der Waals surface area contributed by atoms with Crippen molar-refractivity contribution in [2.45, 2.75) is 136 Å². The summed E-state index contributed by atoms with van der Waals surface area (Å²) in [5.74, 6) is -1.38. The Kier molecular flexibility index (Phi) is 18.2. The minimum atomic E-state index is -0.856. The van der Waals surface area contributed by atoms with E-state index in [9.17, 15) is 24.0 Å². The third kappa shape index (κ3) is 13.9. The molecule has 2 N–H and O–H groups in total. The van der Waals surface area contributed by atoms with Gasteiger partial charge in [-0.05, 0) is 64.4 Å². The van der Waals surface area contributed by atoms with Crippen LogP contribution in [0.25, 0.3) is 0 Å². The molecule has 1 aromatic rings. The van der Waals surface area contributed by atoms with Crippen molar-refractivity contribution >= 4 is 29.7 Å². The molecule has 1 aliphatic heterocycles. The minimum Gasteiger partial charge on any atom is -0.444 e. The Morgan fingerprint density at radius 2 is 1.58 bits per heavy atom. The molecule has 0 aromatic heterocycles. The Balaban J connectivity index is 2.10. The van der Waals surface area contributed by atoms with E-state index >= 15 is 0 Å². The van der Waals surface area contributed by atoms with Crippen LogP contribution in [0.2, 0.25) is 0 Å². The van der Waals surface area contributed by atoms with Crippen LogP contribution in [0.1, 0.15) is 93.1 Å². The van der Waals surface area contributed by atoms with Crippen LogP contribution in [0.4, 0.5) is 4.79 Å². The second kappa shape index (κ2) is 21.2. The molecule has 0 radical (unpaired) electrons. The predicted octanol–water partition coefficient (Wildman–Crippen LogP) is 4.42. The first-order valence-electron chi connectivity index (χ1n) is 19.0. The molecule has 13 nitrogen and oxygen atoms in total. The van der Waals surface area contributed by atoms with Gasteiger partial charge in [0.05, 0.1) is 43.7 Å². The van der Waals surface area contributed by atoms with Crippen molar-refractivity contribution in [3.63, 3.8) is 0 Å². The van der Waals surface area contributed by atoms with Gasteiger partial charge in [0.1, 0.15) is 11.6 Å². The Labute approximate surface area is 317 Å². The molecule has 1 heterocycles. The first kappa shape index (κ1) is 45.4. The lowest BCUT2D eigenvalue weighted by atomic mass is 9.90. The summed E-state index contributed by atoms with van der Waals surface area (Å²) in [5, 5.41) is 5.80. The molecular weight excluding hydrogens is 678 g/mol. The van der Waals surface area contributed by atoms with Gasteiger partial charge in [-0.2, -0.15) is 0 Å². The van der Waals surface area contributed by atoms with Gasteiger partial charge in [0.2, 0.25) is 23.6 Å². The lowest BCUT2D eigenvalue weighted by Crippen LogP contribution is -2.55. The normalized spacial score (nSPS) is 18.0. The van der Waals surface area contributed by atoms with Gasteiger partial charge < -0.3 is 34.6 Å². The van der Waals surface area contributed by atoms with Gasteiger partial charge in [0, 0.05) is 40.9 Å². The maximum atomic E-state index is 14.0. The summed E-state index contributed by atoms with van der Waals surface area (Å²) in [7, 11) is 6.27. The quantitative estimate of drug-likeness (QED) is 0.212. The van der Waals surface area contributed by atoms with Crippen LogP contribution in [0.15, 0.2) is 30.3 Å².